The van der Waals surface area contributed by atoms with Gasteiger partial charge in [0.2, 0.25) is 0 Å². The van der Waals surface area contributed by atoms with Crippen molar-refractivity contribution in [2.45, 2.75) is 0 Å². The fourth-order valence-electron chi connectivity index (χ4n) is 0.0577. The molecule has 13 heavy (non-hydrogen) atoms. The molecule has 0 rings (SSSR count). The van der Waals surface area contributed by atoms with Crippen molar-refractivity contribution in [2.24, 2.45) is 0 Å². The maximum atomic E-state index is 11.1. The Morgan fingerprint density at radius 2 is 0.846 bits per heavy atom. The van der Waals surface area contributed by atoms with Crippen LogP contribution in [0.2, 0.25) is 0 Å². The van der Waals surface area contributed by atoms with Gasteiger partial charge >= 0.3 is 14.0 Å². The molecule has 0 atom stereocenters. The molecule has 0 unspecified atom stereocenters. The maximum Gasteiger partial charge on any atom is 0.567 e. The van der Waals surface area contributed by atoms with Crippen LogP contribution in [0.3, 0.4) is 0 Å². The zero-order valence-electron chi connectivity index (χ0n) is 6.70. The average molecular weight is 187 g/mol. The summed E-state index contributed by atoms with van der Waals surface area (Å²) in [5, 5.41) is 29.9. The van der Waals surface area contributed by atoms with Crippen molar-refractivity contribution in [3.05, 3.63) is 0 Å². The van der Waals surface area contributed by atoms with E-state index in [1.807, 2.05) is 0 Å². The molecule has 0 saturated heterocycles. The maximum absolute atomic E-state index is 11.1. The van der Waals surface area contributed by atoms with E-state index in [1.54, 1.807) is 0 Å². The molecule has 0 aliphatic rings. The van der Waals surface area contributed by atoms with Gasteiger partial charge in [0, 0.05) is 29.6 Å². The second kappa shape index (κ2) is 13.5. The summed E-state index contributed by atoms with van der Waals surface area (Å²) in [7, 11) is 0. The van der Waals surface area contributed by atoms with E-state index in [4.69, 9.17) is 21.0 Å². The summed E-state index contributed by atoms with van der Waals surface area (Å²) in [5.74, 6) is 4.35. The van der Waals surface area contributed by atoms with Crippen molar-refractivity contribution in [1.82, 2.24) is 0 Å². The van der Waals surface area contributed by atoms with Gasteiger partial charge in [0.15, 0.2) is 0 Å². The van der Waals surface area contributed by atoms with Gasteiger partial charge < -0.3 is 0 Å². The molecule has 4 nitrogen and oxygen atoms in total. The molecule has 0 aromatic rings. The molecular formula is C4B2F2N4Na. The SMILES string of the molecule is N#CB(F)C#N.N#CB(F)C#N.[Na]. The van der Waals surface area contributed by atoms with Crippen LogP contribution in [0.5, 0.6) is 0 Å². The first kappa shape index (κ1) is 17.9. The summed E-state index contributed by atoms with van der Waals surface area (Å²) >= 11 is 0. The number of hydrogen-bond donors (Lipinski definition) is 0. The van der Waals surface area contributed by atoms with Crippen molar-refractivity contribution in [1.29, 1.82) is 21.0 Å². The Bertz CT molecular complexity index is 226. The molecular weight excluding hydrogens is 187 g/mol. The zero-order valence-corrected chi connectivity index (χ0v) is 8.70. The molecule has 0 amide bonds. The van der Waals surface area contributed by atoms with Gasteiger partial charge in [0.25, 0.3) is 0 Å². The fourth-order valence-corrected chi connectivity index (χ4v) is 0.0577. The van der Waals surface area contributed by atoms with Crippen molar-refractivity contribution in [2.75, 3.05) is 0 Å². The Morgan fingerprint density at radius 1 is 0.692 bits per heavy atom. The molecule has 0 spiro atoms. The van der Waals surface area contributed by atoms with Crippen LogP contribution in [0.15, 0.2) is 0 Å². The first-order valence-corrected chi connectivity index (χ1v) is 2.49. The normalized spacial score (nSPS) is 4.77. The number of nitrogens with zero attached hydrogens (tertiary/aromatic N) is 4. The molecule has 9 heteroatoms. The third-order valence-electron chi connectivity index (χ3n) is 0.453. The van der Waals surface area contributed by atoms with E-state index in [0.29, 0.717) is 0 Å². The van der Waals surface area contributed by atoms with Crippen molar-refractivity contribution in [3.63, 3.8) is 0 Å². The van der Waals surface area contributed by atoms with Gasteiger partial charge in [-0.2, -0.15) is 0 Å². The van der Waals surface area contributed by atoms with Gasteiger partial charge in [-0.3, -0.25) is 8.63 Å². The minimum Gasteiger partial charge on any atom is -0.292 e. The largest absolute Gasteiger partial charge is 0.567 e. The van der Waals surface area contributed by atoms with E-state index in [-0.39, 0.29) is 29.6 Å². The topological polar surface area (TPSA) is 95.2 Å². The summed E-state index contributed by atoms with van der Waals surface area (Å²) in [4.78, 5) is 0. The van der Waals surface area contributed by atoms with E-state index in [1.165, 1.54) is 0 Å². The number of rotatable bonds is 0. The van der Waals surface area contributed by atoms with Crippen molar-refractivity contribution < 1.29 is 8.63 Å². The van der Waals surface area contributed by atoms with Crippen molar-refractivity contribution in [3.8, 4) is 23.9 Å². The van der Waals surface area contributed by atoms with Gasteiger partial charge in [-0.1, -0.05) is 0 Å². The molecule has 0 saturated carbocycles. The van der Waals surface area contributed by atoms with Gasteiger partial charge in [-0.15, -0.1) is 0 Å². The van der Waals surface area contributed by atoms with E-state index < -0.39 is 14.0 Å². The van der Waals surface area contributed by atoms with Crippen LogP contribution in [0, 0.1) is 44.9 Å². The van der Waals surface area contributed by atoms with E-state index in [2.05, 4.69) is 0 Å². The van der Waals surface area contributed by atoms with Crippen LogP contribution in [0.25, 0.3) is 0 Å². The molecule has 0 aromatic carbocycles. The molecule has 0 N–H and O–H groups in total. The number of nitriles is 4. The molecule has 0 heterocycles. The van der Waals surface area contributed by atoms with Crippen LogP contribution in [0.4, 0.5) is 8.63 Å². The smallest absolute Gasteiger partial charge is 0.292 e. The van der Waals surface area contributed by atoms with E-state index in [9.17, 15) is 8.63 Å². The quantitative estimate of drug-likeness (QED) is 0.488. The molecule has 0 aliphatic carbocycles. The Balaban J connectivity index is -0.000000143. The van der Waals surface area contributed by atoms with Gasteiger partial charge in [-0.25, -0.2) is 21.0 Å². The molecule has 1 radical (unpaired) electrons. The fraction of sp³-hybridized carbons (Fsp3) is 0. The Kier molecular flexibility index (Phi) is 18.6. The Hall–Kier alpha value is -1.05. The van der Waals surface area contributed by atoms with Crippen LogP contribution < -0.4 is 0 Å². The average Bonchev–Trinajstić information content (AvgIpc) is 2.16. The predicted octanol–water partition coefficient (Wildman–Crippen LogP) is -0.235. The molecule has 0 bridgehead atoms. The Labute approximate surface area is 96.9 Å². The summed E-state index contributed by atoms with van der Waals surface area (Å²) in [6.45, 7) is -3.91. The molecule has 57 valence electrons. The first-order valence-electron chi connectivity index (χ1n) is 2.49. The molecule has 0 fully saturated rings. The molecule has 0 aromatic heterocycles. The number of halogens is 2. The zero-order chi connectivity index (χ0) is 9.98. The van der Waals surface area contributed by atoms with Crippen LogP contribution >= 0.6 is 0 Å². The van der Waals surface area contributed by atoms with E-state index >= 15 is 0 Å². The second-order valence-electron chi connectivity index (χ2n) is 1.24. The van der Waals surface area contributed by atoms with Gasteiger partial charge in [0.05, 0.1) is 23.9 Å². The monoisotopic (exact) mass is 187 g/mol. The number of hydrogen-bond acceptors (Lipinski definition) is 4. The van der Waals surface area contributed by atoms with Crippen LogP contribution in [-0.4, -0.2) is 43.5 Å². The van der Waals surface area contributed by atoms with Crippen LogP contribution in [-0.2, 0) is 0 Å². The summed E-state index contributed by atoms with van der Waals surface area (Å²) in [6, 6.07) is 0. The Morgan fingerprint density at radius 3 is 0.846 bits per heavy atom. The summed E-state index contributed by atoms with van der Waals surface area (Å²) in [6.07, 6.45) is 0. The third-order valence-corrected chi connectivity index (χ3v) is 0.453. The minimum atomic E-state index is -1.95. The van der Waals surface area contributed by atoms with Crippen LogP contribution in [0.1, 0.15) is 0 Å². The van der Waals surface area contributed by atoms with Crippen molar-refractivity contribution >= 4 is 43.5 Å². The second-order valence-corrected chi connectivity index (χ2v) is 1.24. The predicted molar refractivity (Wildman–Crippen MR) is 41.9 cm³/mol. The molecule has 0 aliphatic heterocycles. The third kappa shape index (κ3) is 18.2. The first-order chi connectivity index (χ1) is 5.62. The van der Waals surface area contributed by atoms with Gasteiger partial charge in [0.1, 0.15) is 0 Å². The standard InChI is InChI=1S/2C2BFN2.Na/c2*4-3(1-5)2-6;. The van der Waals surface area contributed by atoms with Gasteiger partial charge in [-0.05, 0) is 0 Å². The summed E-state index contributed by atoms with van der Waals surface area (Å²) in [5.41, 5.74) is 0. The minimum absolute atomic E-state index is 0. The van der Waals surface area contributed by atoms with E-state index in [0.717, 1.165) is 23.9 Å². The summed E-state index contributed by atoms with van der Waals surface area (Å²) < 4.78 is 22.3.